The maximum Gasteiger partial charge on any atom is 0.336 e. The van der Waals surface area contributed by atoms with Crippen LogP contribution in [0.15, 0.2) is 27.4 Å². The Morgan fingerprint density at radius 1 is 1.45 bits per heavy atom. The summed E-state index contributed by atoms with van der Waals surface area (Å²) in [6.45, 7) is 4.87. The van der Waals surface area contributed by atoms with Crippen LogP contribution in [0, 0.1) is 6.92 Å². The van der Waals surface area contributed by atoms with Gasteiger partial charge >= 0.3 is 5.63 Å². The zero-order valence-corrected chi connectivity index (χ0v) is 11.9. The van der Waals surface area contributed by atoms with Gasteiger partial charge in [0.1, 0.15) is 11.3 Å². The minimum atomic E-state index is -0.414. The fourth-order valence-electron chi connectivity index (χ4n) is 2.16. The second-order valence-corrected chi connectivity index (χ2v) is 4.91. The number of nitrogens with one attached hydrogen (secondary N) is 1. The van der Waals surface area contributed by atoms with Gasteiger partial charge in [-0.15, -0.1) is 0 Å². The van der Waals surface area contributed by atoms with Gasteiger partial charge in [0.15, 0.2) is 0 Å². The van der Waals surface area contributed by atoms with E-state index < -0.39 is 5.63 Å². The van der Waals surface area contributed by atoms with Crippen molar-refractivity contribution in [1.29, 1.82) is 0 Å². The molecule has 1 aromatic heterocycles. The zero-order chi connectivity index (χ0) is 14.7. The summed E-state index contributed by atoms with van der Waals surface area (Å²) in [5.41, 5.74) is 1.45. The summed E-state index contributed by atoms with van der Waals surface area (Å²) in [7, 11) is 1.65. The van der Waals surface area contributed by atoms with E-state index in [2.05, 4.69) is 5.32 Å². The Kier molecular flexibility index (Phi) is 4.42. The fourth-order valence-corrected chi connectivity index (χ4v) is 2.16. The highest BCUT2D eigenvalue weighted by molar-refractivity contribution is 5.84. The number of aryl methyl sites for hydroxylation is 1. The van der Waals surface area contributed by atoms with Gasteiger partial charge in [-0.3, -0.25) is 0 Å². The summed E-state index contributed by atoms with van der Waals surface area (Å²) in [6, 6.07) is 5.03. The molecule has 108 valence electrons. The quantitative estimate of drug-likeness (QED) is 0.817. The third-order valence-electron chi connectivity index (χ3n) is 3.28. The maximum atomic E-state index is 11.6. The van der Waals surface area contributed by atoms with Crippen molar-refractivity contribution in [2.45, 2.75) is 26.4 Å². The first-order chi connectivity index (χ1) is 9.52. The van der Waals surface area contributed by atoms with Crippen molar-refractivity contribution in [1.82, 2.24) is 5.32 Å². The molecule has 0 aliphatic heterocycles. The van der Waals surface area contributed by atoms with Gasteiger partial charge in [0.25, 0.3) is 0 Å². The molecule has 0 saturated carbocycles. The largest absolute Gasteiger partial charge is 0.508 e. The van der Waals surface area contributed by atoms with Crippen LogP contribution >= 0.6 is 0 Å². The predicted octanol–water partition coefficient (Wildman–Crippen LogP) is 1.93. The van der Waals surface area contributed by atoms with Crippen LogP contribution in [0.4, 0.5) is 0 Å². The van der Waals surface area contributed by atoms with Gasteiger partial charge in [-0.05, 0) is 31.5 Å². The molecule has 0 aliphatic rings. The number of aromatic hydroxyl groups is 1. The lowest BCUT2D eigenvalue weighted by atomic mass is 10.1. The van der Waals surface area contributed by atoms with Crippen LogP contribution in [0.25, 0.3) is 11.0 Å². The Morgan fingerprint density at radius 2 is 2.20 bits per heavy atom. The Morgan fingerprint density at radius 3 is 2.90 bits per heavy atom. The van der Waals surface area contributed by atoms with Gasteiger partial charge in [0, 0.05) is 36.7 Å². The van der Waals surface area contributed by atoms with E-state index in [1.807, 2.05) is 6.92 Å². The van der Waals surface area contributed by atoms with Crippen molar-refractivity contribution in [2.24, 2.45) is 0 Å². The van der Waals surface area contributed by atoms with Crippen LogP contribution in [0.1, 0.15) is 18.1 Å². The number of fused-ring (bicyclic) bond motifs is 1. The lowest BCUT2D eigenvalue weighted by Gasteiger charge is -2.14. The summed E-state index contributed by atoms with van der Waals surface area (Å²) in [6.07, 6.45) is 0. The van der Waals surface area contributed by atoms with E-state index in [0.29, 0.717) is 24.3 Å². The molecule has 1 atom stereocenters. The molecule has 0 fully saturated rings. The number of phenolic OH excluding ortho intramolecular Hbond substituents is 1. The number of benzene rings is 1. The topological polar surface area (TPSA) is 71.7 Å². The number of rotatable bonds is 5. The molecule has 5 heteroatoms. The maximum absolute atomic E-state index is 11.6. The van der Waals surface area contributed by atoms with E-state index in [-0.39, 0.29) is 11.8 Å². The number of ether oxygens (including phenoxy) is 1. The van der Waals surface area contributed by atoms with Gasteiger partial charge in [0.05, 0.1) is 6.61 Å². The Balaban J connectivity index is 2.38. The van der Waals surface area contributed by atoms with E-state index in [9.17, 15) is 9.90 Å². The van der Waals surface area contributed by atoms with Crippen LogP contribution in [-0.2, 0) is 11.3 Å². The molecule has 2 rings (SSSR count). The number of phenols is 1. The molecule has 0 saturated heterocycles. The van der Waals surface area contributed by atoms with Crippen molar-refractivity contribution >= 4 is 11.0 Å². The second-order valence-electron chi connectivity index (χ2n) is 4.91. The Bertz CT molecular complexity index is 663. The van der Waals surface area contributed by atoms with Crippen molar-refractivity contribution < 1.29 is 14.3 Å². The molecule has 0 bridgehead atoms. The Hall–Kier alpha value is -1.85. The molecule has 2 aromatic rings. The molecule has 0 spiro atoms. The molecule has 1 aromatic carbocycles. The van der Waals surface area contributed by atoms with Crippen molar-refractivity contribution in [3.63, 3.8) is 0 Å². The highest BCUT2D eigenvalue weighted by atomic mass is 16.5. The molecule has 0 radical (unpaired) electrons. The van der Waals surface area contributed by atoms with E-state index in [1.165, 1.54) is 6.07 Å². The summed E-state index contributed by atoms with van der Waals surface area (Å²) in [4.78, 5) is 11.6. The van der Waals surface area contributed by atoms with Gasteiger partial charge in [0.2, 0.25) is 0 Å². The summed E-state index contributed by atoms with van der Waals surface area (Å²) < 4.78 is 10.3. The zero-order valence-electron chi connectivity index (χ0n) is 11.9. The molecule has 0 unspecified atom stereocenters. The average Bonchev–Trinajstić information content (AvgIpc) is 2.41. The first kappa shape index (κ1) is 14.6. The lowest BCUT2D eigenvalue weighted by molar-refractivity contribution is 0.171. The monoisotopic (exact) mass is 277 g/mol. The first-order valence-corrected chi connectivity index (χ1v) is 6.50. The van der Waals surface area contributed by atoms with Gasteiger partial charge in [-0.25, -0.2) is 4.79 Å². The number of hydrogen-bond acceptors (Lipinski definition) is 5. The van der Waals surface area contributed by atoms with Gasteiger partial charge in [-0.1, -0.05) is 0 Å². The van der Waals surface area contributed by atoms with Crippen molar-refractivity contribution in [2.75, 3.05) is 13.7 Å². The van der Waals surface area contributed by atoms with Crippen LogP contribution in [-0.4, -0.2) is 24.9 Å². The van der Waals surface area contributed by atoms with Crippen LogP contribution in [0.2, 0.25) is 0 Å². The molecule has 20 heavy (non-hydrogen) atoms. The molecule has 5 nitrogen and oxygen atoms in total. The Labute approximate surface area is 117 Å². The van der Waals surface area contributed by atoms with E-state index >= 15 is 0 Å². The third-order valence-corrected chi connectivity index (χ3v) is 3.28. The summed E-state index contributed by atoms with van der Waals surface area (Å²) in [5, 5.41) is 13.8. The molecule has 2 N–H and O–H groups in total. The number of methoxy groups -OCH3 is 1. The van der Waals surface area contributed by atoms with Crippen molar-refractivity contribution in [3.8, 4) is 5.75 Å². The average molecular weight is 277 g/mol. The smallest absolute Gasteiger partial charge is 0.336 e. The number of hydrogen-bond donors (Lipinski definition) is 2. The molecular weight excluding hydrogens is 258 g/mol. The molecule has 0 amide bonds. The normalized spacial score (nSPS) is 12.8. The third kappa shape index (κ3) is 3.00. The molecular formula is C15H19NO4. The predicted molar refractivity (Wildman–Crippen MR) is 77.1 cm³/mol. The molecule has 1 heterocycles. The summed E-state index contributed by atoms with van der Waals surface area (Å²) >= 11 is 0. The van der Waals surface area contributed by atoms with Crippen LogP contribution < -0.4 is 10.9 Å². The SMILES string of the molecule is COC[C@H](C)NCc1cc(=O)oc2c(C)c(O)ccc12. The van der Waals surface area contributed by atoms with Gasteiger partial charge < -0.3 is 19.6 Å². The minimum Gasteiger partial charge on any atom is -0.508 e. The molecule has 0 aliphatic carbocycles. The highest BCUT2D eigenvalue weighted by Gasteiger charge is 2.11. The van der Waals surface area contributed by atoms with Crippen molar-refractivity contribution in [3.05, 3.63) is 39.7 Å². The van der Waals surface area contributed by atoms with E-state index in [4.69, 9.17) is 9.15 Å². The standard InChI is InChI=1S/C15H19NO4/c1-9(8-19-3)16-7-11-6-14(18)20-15-10(2)13(17)5-4-12(11)15/h4-6,9,16-17H,7-8H2,1-3H3/t9-/m0/s1. The summed E-state index contributed by atoms with van der Waals surface area (Å²) in [5.74, 6) is 0.124. The van der Waals surface area contributed by atoms with Gasteiger partial charge in [-0.2, -0.15) is 0 Å². The lowest BCUT2D eigenvalue weighted by Crippen LogP contribution is -2.29. The van der Waals surface area contributed by atoms with Crippen LogP contribution in [0.5, 0.6) is 5.75 Å². The van der Waals surface area contributed by atoms with Crippen LogP contribution in [0.3, 0.4) is 0 Å². The highest BCUT2D eigenvalue weighted by Crippen LogP contribution is 2.27. The first-order valence-electron chi connectivity index (χ1n) is 6.50. The van der Waals surface area contributed by atoms with E-state index in [0.717, 1.165) is 10.9 Å². The van der Waals surface area contributed by atoms with E-state index in [1.54, 1.807) is 26.2 Å². The minimum absolute atomic E-state index is 0.124. The second kappa shape index (κ2) is 6.07. The fraction of sp³-hybridized carbons (Fsp3) is 0.400.